The second-order valence-corrected chi connectivity index (χ2v) is 7.01. The minimum Gasteiger partial charge on any atom is -0.366 e. The smallest absolute Gasteiger partial charge is 0.194 e. The van der Waals surface area contributed by atoms with E-state index in [0.29, 0.717) is 38.4 Å². The van der Waals surface area contributed by atoms with Crippen LogP contribution < -0.4 is 10.2 Å². The minimum atomic E-state index is -0.420. The molecule has 0 bridgehead atoms. The number of nitrogens with one attached hydrogen (secondary N) is 1. The Balaban J connectivity index is 0.00000300. The van der Waals surface area contributed by atoms with Gasteiger partial charge in [-0.05, 0) is 32.9 Å². The van der Waals surface area contributed by atoms with Crippen LogP contribution in [0.1, 0.15) is 23.9 Å². The molecule has 2 heterocycles. The summed E-state index contributed by atoms with van der Waals surface area (Å²) in [5, 5.41) is 7.79. The van der Waals surface area contributed by atoms with Gasteiger partial charge in [0.05, 0.1) is 17.9 Å². The summed E-state index contributed by atoms with van der Waals surface area (Å²) < 4.78 is 29.4. The number of benzene rings is 1. The van der Waals surface area contributed by atoms with Crippen LogP contribution in [0.4, 0.5) is 14.5 Å². The van der Waals surface area contributed by atoms with E-state index in [4.69, 9.17) is 4.99 Å². The number of hydrogen-bond acceptors (Lipinski definition) is 3. The van der Waals surface area contributed by atoms with Crippen molar-refractivity contribution in [2.75, 3.05) is 37.6 Å². The number of anilines is 1. The normalized spacial score (nSPS) is 14.8. The zero-order chi connectivity index (χ0) is 20.3. The van der Waals surface area contributed by atoms with Crippen LogP contribution in [0.2, 0.25) is 0 Å². The Morgan fingerprint density at radius 2 is 1.86 bits per heavy atom. The van der Waals surface area contributed by atoms with Crippen molar-refractivity contribution in [2.45, 2.75) is 27.3 Å². The molecule has 0 aliphatic carbocycles. The molecule has 1 N–H and O–H groups in total. The van der Waals surface area contributed by atoms with Gasteiger partial charge in [0.25, 0.3) is 0 Å². The Morgan fingerprint density at radius 1 is 1.17 bits per heavy atom. The molecule has 1 aliphatic rings. The number of halogens is 3. The molecule has 0 amide bonds. The van der Waals surface area contributed by atoms with Crippen LogP contribution in [0.5, 0.6) is 0 Å². The molecule has 1 aliphatic heterocycles. The van der Waals surface area contributed by atoms with Crippen molar-refractivity contribution in [3.63, 3.8) is 0 Å². The number of aromatic nitrogens is 2. The number of piperazine rings is 1. The van der Waals surface area contributed by atoms with Gasteiger partial charge < -0.3 is 15.1 Å². The molecule has 6 nitrogen and oxygen atoms in total. The molecule has 0 radical (unpaired) electrons. The van der Waals surface area contributed by atoms with Crippen molar-refractivity contribution in [1.29, 1.82) is 0 Å². The minimum absolute atomic E-state index is 0. The average molecular weight is 518 g/mol. The molecule has 2 aromatic rings. The Bertz CT molecular complexity index is 859. The Kier molecular flexibility index (Phi) is 8.23. The second kappa shape index (κ2) is 10.2. The molecule has 1 fully saturated rings. The summed E-state index contributed by atoms with van der Waals surface area (Å²) in [5.41, 5.74) is 3.57. The third-order valence-corrected chi connectivity index (χ3v) is 5.21. The summed E-state index contributed by atoms with van der Waals surface area (Å²) >= 11 is 0. The van der Waals surface area contributed by atoms with E-state index in [2.05, 4.69) is 15.3 Å². The van der Waals surface area contributed by atoms with Crippen LogP contribution in [0, 0.1) is 25.5 Å². The lowest BCUT2D eigenvalue weighted by Gasteiger charge is -2.37. The third-order valence-electron chi connectivity index (χ3n) is 5.21. The quantitative estimate of drug-likeness (QED) is 0.384. The summed E-state index contributed by atoms with van der Waals surface area (Å²) in [4.78, 5) is 8.85. The van der Waals surface area contributed by atoms with E-state index in [1.807, 2.05) is 37.4 Å². The lowest BCUT2D eigenvalue weighted by atomic mass is 10.2. The zero-order valence-electron chi connectivity index (χ0n) is 17.4. The highest BCUT2D eigenvalue weighted by Crippen LogP contribution is 2.22. The first kappa shape index (κ1) is 23.4. The molecular weight excluding hydrogens is 489 g/mol. The van der Waals surface area contributed by atoms with E-state index in [9.17, 15) is 8.78 Å². The monoisotopic (exact) mass is 518 g/mol. The van der Waals surface area contributed by atoms with Gasteiger partial charge in [0.1, 0.15) is 11.6 Å². The summed E-state index contributed by atoms with van der Waals surface area (Å²) in [6.45, 7) is 10.00. The highest BCUT2D eigenvalue weighted by Gasteiger charge is 2.22. The van der Waals surface area contributed by atoms with Crippen molar-refractivity contribution in [1.82, 2.24) is 20.0 Å². The zero-order valence-corrected chi connectivity index (χ0v) is 19.7. The maximum atomic E-state index is 14.1. The molecule has 0 saturated carbocycles. The Labute approximate surface area is 188 Å². The summed E-state index contributed by atoms with van der Waals surface area (Å²) in [5.74, 6) is 0.0263. The third kappa shape index (κ3) is 5.37. The highest BCUT2D eigenvalue weighted by molar-refractivity contribution is 14.0. The first-order valence-corrected chi connectivity index (χ1v) is 9.63. The lowest BCUT2D eigenvalue weighted by Crippen LogP contribution is -2.52. The van der Waals surface area contributed by atoms with E-state index >= 15 is 0 Å². The number of aryl methyl sites for hydroxylation is 2. The Morgan fingerprint density at radius 3 is 2.45 bits per heavy atom. The first-order chi connectivity index (χ1) is 13.4. The molecule has 1 saturated heterocycles. The molecular formula is C20H29F2IN6. The largest absolute Gasteiger partial charge is 0.366 e. The van der Waals surface area contributed by atoms with Gasteiger partial charge in [-0.25, -0.2) is 13.8 Å². The van der Waals surface area contributed by atoms with Gasteiger partial charge in [-0.15, -0.1) is 24.0 Å². The van der Waals surface area contributed by atoms with Crippen LogP contribution in [-0.2, 0) is 13.6 Å². The standard InChI is InChI=1S/C20H28F2N6.HI/c1-5-23-20(24-13-17-14(2)25-26(4)15(17)3)28-10-8-27(9-11-28)19-12-16(21)6-7-18(19)22;/h6-7,12H,5,8-11,13H2,1-4H3,(H,23,24);1H. The average Bonchev–Trinajstić information content (AvgIpc) is 2.93. The maximum Gasteiger partial charge on any atom is 0.194 e. The number of nitrogens with zero attached hydrogens (tertiary/aromatic N) is 5. The van der Waals surface area contributed by atoms with Gasteiger partial charge in [0, 0.05) is 57.1 Å². The van der Waals surface area contributed by atoms with E-state index in [1.165, 1.54) is 12.1 Å². The highest BCUT2D eigenvalue weighted by atomic mass is 127. The van der Waals surface area contributed by atoms with Gasteiger partial charge in [-0.3, -0.25) is 4.68 Å². The van der Waals surface area contributed by atoms with Gasteiger partial charge in [-0.2, -0.15) is 5.10 Å². The van der Waals surface area contributed by atoms with E-state index in [1.54, 1.807) is 0 Å². The van der Waals surface area contributed by atoms with Crippen LogP contribution >= 0.6 is 24.0 Å². The SMILES string of the molecule is CCNC(=NCc1c(C)nn(C)c1C)N1CCN(c2cc(F)ccc2F)CC1.I. The van der Waals surface area contributed by atoms with Crippen LogP contribution in [-0.4, -0.2) is 53.4 Å². The Hall–Kier alpha value is -1.91. The van der Waals surface area contributed by atoms with Crippen LogP contribution in [0.25, 0.3) is 0 Å². The molecule has 9 heteroatoms. The molecule has 1 aromatic heterocycles. The van der Waals surface area contributed by atoms with E-state index < -0.39 is 11.6 Å². The summed E-state index contributed by atoms with van der Waals surface area (Å²) in [7, 11) is 1.94. The predicted octanol–water partition coefficient (Wildman–Crippen LogP) is 3.22. The number of hydrogen-bond donors (Lipinski definition) is 1. The summed E-state index contributed by atoms with van der Waals surface area (Å²) in [6, 6.07) is 3.59. The number of aliphatic imine (C=N–C) groups is 1. The van der Waals surface area contributed by atoms with Crippen LogP contribution in [0.3, 0.4) is 0 Å². The van der Waals surface area contributed by atoms with E-state index in [-0.39, 0.29) is 24.0 Å². The van der Waals surface area contributed by atoms with Gasteiger partial charge in [0.15, 0.2) is 5.96 Å². The van der Waals surface area contributed by atoms with Crippen LogP contribution in [0.15, 0.2) is 23.2 Å². The van der Waals surface area contributed by atoms with Crippen molar-refractivity contribution in [2.24, 2.45) is 12.0 Å². The first-order valence-electron chi connectivity index (χ1n) is 9.63. The fraction of sp³-hybridized carbons (Fsp3) is 0.500. The van der Waals surface area contributed by atoms with E-state index in [0.717, 1.165) is 35.5 Å². The lowest BCUT2D eigenvalue weighted by molar-refractivity contribution is 0.370. The molecule has 160 valence electrons. The molecule has 0 atom stereocenters. The van der Waals surface area contributed by atoms with Gasteiger partial charge in [-0.1, -0.05) is 0 Å². The van der Waals surface area contributed by atoms with Gasteiger partial charge in [0.2, 0.25) is 0 Å². The number of guanidine groups is 1. The number of rotatable bonds is 4. The molecule has 1 aromatic carbocycles. The van der Waals surface area contributed by atoms with Crippen molar-refractivity contribution in [3.8, 4) is 0 Å². The van der Waals surface area contributed by atoms with Crippen molar-refractivity contribution in [3.05, 3.63) is 46.8 Å². The predicted molar refractivity (Wildman–Crippen MR) is 123 cm³/mol. The molecule has 0 unspecified atom stereocenters. The molecule has 0 spiro atoms. The van der Waals surface area contributed by atoms with Crippen molar-refractivity contribution < 1.29 is 8.78 Å². The van der Waals surface area contributed by atoms with Gasteiger partial charge >= 0.3 is 0 Å². The topological polar surface area (TPSA) is 48.7 Å². The fourth-order valence-electron chi connectivity index (χ4n) is 3.51. The van der Waals surface area contributed by atoms with Crippen molar-refractivity contribution >= 4 is 35.6 Å². The molecule has 3 rings (SSSR count). The second-order valence-electron chi connectivity index (χ2n) is 7.01. The summed E-state index contributed by atoms with van der Waals surface area (Å²) in [6.07, 6.45) is 0. The maximum absolute atomic E-state index is 14.1. The fourth-order valence-corrected chi connectivity index (χ4v) is 3.51. The molecule has 29 heavy (non-hydrogen) atoms.